The molecule has 1 aromatic rings. The minimum atomic E-state index is -0.855. The van der Waals surface area contributed by atoms with Crippen molar-refractivity contribution < 1.29 is 19.4 Å². The van der Waals surface area contributed by atoms with Crippen LogP contribution in [-0.4, -0.2) is 48.2 Å². The van der Waals surface area contributed by atoms with Crippen LogP contribution in [-0.2, 0) is 14.3 Å². The molecule has 1 heterocycles. The van der Waals surface area contributed by atoms with E-state index in [-0.39, 0.29) is 25.0 Å². The van der Waals surface area contributed by atoms with Gasteiger partial charge in [0.1, 0.15) is 6.61 Å². The van der Waals surface area contributed by atoms with Crippen molar-refractivity contribution in [2.45, 2.75) is 18.8 Å². The molecule has 3 rings (SSSR count). The number of benzene rings is 1. The van der Waals surface area contributed by atoms with Crippen molar-refractivity contribution in [2.75, 3.05) is 26.3 Å². The van der Waals surface area contributed by atoms with Crippen LogP contribution >= 0.6 is 15.9 Å². The molecular weight excluding hydrogens is 362 g/mol. The number of amides is 1. The van der Waals surface area contributed by atoms with Gasteiger partial charge >= 0.3 is 5.97 Å². The molecule has 1 N–H and O–H groups in total. The molecule has 5 nitrogen and oxygen atoms in total. The van der Waals surface area contributed by atoms with E-state index in [9.17, 15) is 14.7 Å². The van der Waals surface area contributed by atoms with Gasteiger partial charge in [-0.1, -0.05) is 28.1 Å². The number of ether oxygens (including phenoxy) is 1. The summed E-state index contributed by atoms with van der Waals surface area (Å²) < 4.78 is 6.39. The lowest BCUT2D eigenvalue weighted by Crippen LogP contribution is -2.33. The first-order valence-electron chi connectivity index (χ1n) is 7.88. The van der Waals surface area contributed by atoms with Crippen LogP contribution in [0.5, 0.6) is 0 Å². The van der Waals surface area contributed by atoms with Gasteiger partial charge in [0, 0.05) is 23.5 Å². The SMILES string of the molecule is O=C(O)[C@@H]1CN(C(=O)COCC2CC2)C[C@H]1c1ccc(Br)cc1. The van der Waals surface area contributed by atoms with Crippen LogP contribution in [0.15, 0.2) is 28.7 Å². The lowest BCUT2D eigenvalue weighted by atomic mass is 9.89. The van der Waals surface area contributed by atoms with E-state index >= 15 is 0 Å². The molecule has 2 fully saturated rings. The number of halogens is 1. The first-order chi connectivity index (χ1) is 11.0. The molecule has 1 aromatic carbocycles. The van der Waals surface area contributed by atoms with Gasteiger partial charge in [-0.05, 0) is 36.5 Å². The summed E-state index contributed by atoms with van der Waals surface area (Å²) in [7, 11) is 0. The number of hydrogen-bond donors (Lipinski definition) is 1. The third-order valence-electron chi connectivity index (χ3n) is 4.56. The maximum absolute atomic E-state index is 12.2. The first-order valence-corrected chi connectivity index (χ1v) is 8.67. The Morgan fingerprint density at radius 2 is 1.91 bits per heavy atom. The highest BCUT2D eigenvalue weighted by Gasteiger charge is 2.40. The molecule has 2 aliphatic rings. The van der Waals surface area contributed by atoms with Crippen molar-refractivity contribution in [1.29, 1.82) is 0 Å². The summed E-state index contributed by atoms with van der Waals surface area (Å²) in [6.07, 6.45) is 2.37. The van der Waals surface area contributed by atoms with E-state index in [0.29, 0.717) is 19.1 Å². The predicted molar refractivity (Wildman–Crippen MR) is 88.1 cm³/mol. The number of carboxylic acid groups (broad SMARTS) is 1. The smallest absolute Gasteiger partial charge is 0.308 e. The van der Waals surface area contributed by atoms with E-state index in [1.165, 1.54) is 12.8 Å². The van der Waals surface area contributed by atoms with Crippen LogP contribution in [0.4, 0.5) is 0 Å². The Labute approximate surface area is 143 Å². The number of carboxylic acids is 1. The molecule has 0 unspecified atom stereocenters. The number of carbonyl (C=O) groups excluding carboxylic acids is 1. The summed E-state index contributed by atoms with van der Waals surface area (Å²) in [5.74, 6) is -1.09. The molecule has 0 spiro atoms. The van der Waals surface area contributed by atoms with Gasteiger partial charge in [-0.2, -0.15) is 0 Å². The minimum Gasteiger partial charge on any atom is -0.481 e. The lowest BCUT2D eigenvalue weighted by molar-refractivity contribution is -0.142. The van der Waals surface area contributed by atoms with E-state index < -0.39 is 11.9 Å². The Hall–Kier alpha value is -1.40. The predicted octanol–water partition coefficient (Wildman–Crippen LogP) is 2.50. The quantitative estimate of drug-likeness (QED) is 0.821. The monoisotopic (exact) mass is 381 g/mol. The van der Waals surface area contributed by atoms with Crippen LogP contribution in [0.3, 0.4) is 0 Å². The van der Waals surface area contributed by atoms with Gasteiger partial charge in [0.25, 0.3) is 0 Å². The summed E-state index contributed by atoms with van der Waals surface area (Å²) in [6, 6.07) is 7.64. The lowest BCUT2D eigenvalue weighted by Gasteiger charge is -2.16. The summed E-state index contributed by atoms with van der Waals surface area (Å²) in [4.78, 5) is 25.4. The molecular formula is C17H20BrNO4. The van der Waals surface area contributed by atoms with Gasteiger partial charge in [-0.15, -0.1) is 0 Å². The topological polar surface area (TPSA) is 66.8 Å². The van der Waals surface area contributed by atoms with E-state index in [1.807, 2.05) is 24.3 Å². The standard InChI is InChI=1S/C17H20BrNO4/c18-13-5-3-12(4-6-13)14-7-19(8-15(14)17(21)22)16(20)10-23-9-11-1-2-11/h3-6,11,14-15H,1-2,7-10H2,(H,21,22)/t14-,15+/m0/s1. The van der Waals surface area contributed by atoms with Crippen molar-refractivity contribution in [3.63, 3.8) is 0 Å². The van der Waals surface area contributed by atoms with Crippen molar-refractivity contribution in [3.8, 4) is 0 Å². The first kappa shape index (κ1) is 16.5. The molecule has 1 saturated carbocycles. The van der Waals surface area contributed by atoms with Gasteiger partial charge < -0.3 is 14.7 Å². The van der Waals surface area contributed by atoms with Gasteiger partial charge in [-0.25, -0.2) is 0 Å². The van der Waals surface area contributed by atoms with E-state index in [4.69, 9.17) is 4.74 Å². The Balaban J connectivity index is 1.63. The second-order valence-corrected chi connectivity index (χ2v) is 7.28. The number of nitrogens with zero attached hydrogens (tertiary/aromatic N) is 1. The van der Waals surface area contributed by atoms with Crippen LogP contribution in [0.25, 0.3) is 0 Å². The number of carbonyl (C=O) groups is 2. The van der Waals surface area contributed by atoms with Gasteiger partial charge in [0.05, 0.1) is 12.5 Å². The van der Waals surface area contributed by atoms with Gasteiger partial charge in [0.2, 0.25) is 5.91 Å². The number of rotatable bonds is 6. The highest BCUT2D eigenvalue weighted by atomic mass is 79.9. The second-order valence-electron chi connectivity index (χ2n) is 6.36. The van der Waals surface area contributed by atoms with Crippen LogP contribution in [0, 0.1) is 11.8 Å². The van der Waals surface area contributed by atoms with Crippen LogP contribution in [0.1, 0.15) is 24.3 Å². The molecule has 0 aromatic heterocycles. The van der Waals surface area contributed by atoms with Crippen molar-refractivity contribution in [1.82, 2.24) is 4.90 Å². The third kappa shape index (κ3) is 4.12. The van der Waals surface area contributed by atoms with Crippen molar-refractivity contribution in [2.24, 2.45) is 11.8 Å². The summed E-state index contributed by atoms with van der Waals surface area (Å²) >= 11 is 3.38. The van der Waals surface area contributed by atoms with Gasteiger partial charge in [-0.3, -0.25) is 9.59 Å². The zero-order valence-electron chi connectivity index (χ0n) is 12.8. The van der Waals surface area contributed by atoms with E-state index in [2.05, 4.69) is 15.9 Å². The molecule has 1 saturated heterocycles. The Bertz CT molecular complexity index is 585. The minimum absolute atomic E-state index is 0.0515. The molecule has 124 valence electrons. The fourth-order valence-electron chi connectivity index (χ4n) is 2.99. The summed E-state index contributed by atoms with van der Waals surface area (Å²) in [5.41, 5.74) is 0.954. The zero-order chi connectivity index (χ0) is 16.4. The molecule has 23 heavy (non-hydrogen) atoms. The van der Waals surface area contributed by atoms with Gasteiger partial charge in [0.15, 0.2) is 0 Å². The van der Waals surface area contributed by atoms with Crippen LogP contribution < -0.4 is 0 Å². The fraction of sp³-hybridized carbons (Fsp3) is 0.529. The second kappa shape index (κ2) is 7.01. The van der Waals surface area contributed by atoms with E-state index in [1.54, 1.807) is 4.90 Å². The summed E-state index contributed by atoms with van der Waals surface area (Å²) in [6.45, 7) is 1.37. The average molecular weight is 382 g/mol. The average Bonchev–Trinajstić information content (AvgIpc) is 3.23. The molecule has 2 atom stereocenters. The number of likely N-dealkylation sites (tertiary alicyclic amines) is 1. The zero-order valence-corrected chi connectivity index (χ0v) is 14.4. The molecule has 0 bridgehead atoms. The third-order valence-corrected chi connectivity index (χ3v) is 5.09. The molecule has 1 aliphatic heterocycles. The highest BCUT2D eigenvalue weighted by Crippen LogP contribution is 2.34. The highest BCUT2D eigenvalue weighted by molar-refractivity contribution is 9.10. The van der Waals surface area contributed by atoms with Crippen molar-refractivity contribution >= 4 is 27.8 Å². The van der Waals surface area contributed by atoms with Crippen LogP contribution in [0.2, 0.25) is 0 Å². The number of aliphatic carboxylic acids is 1. The number of hydrogen-bond acceptors (Lipinski definition) is 3. The Kier molecular flexibility index (Phi) is 5.02. The largest absolute Gasteiger partial charge is 0.481 e. The molecule has 0 radical (unpaired) electrons. The van der Waals surface area contributed by atoms with Crippen molar-refractivity contribution in [3.05, 3.63) is 34.3 Å². The summed E-state index contributed by atoms with van der Waals surface area (Å²) in [5, 5.41) is 9.48. The maximum atomic E-state index is 12.2. The fourth-order valence-corrected chi connectivity index (χ4v) is 3.26. The molecule has 6 heteroatoms. The Morgan fingerprint density at radius 1 is 1.22 bits per heavy atom. The maximum Gasteiger partial charge on any atom is 0.308 e. The molecule has 1 amide bonds. The van der Waals surface area contributed by atoms with E-state index in [0.717, 1.165) is 10.0 Å². The Morgan fingerprint density at radius 3 is 2.52 bits per heavy atom. The normalized spacial score (nSPS) is 24.0. The molecule has 1 aliphatic carbocycles.